The van der Waals surface area contributed by atoms with E-state index in [0.29, 0.717) is 15.7 Å². The Labute approximate surface area is 76.9 Å². The van der Waals surface area contributed by atoms with Crippen molar-refractivity contribution in [2.45, 2.75) is 44.0 Å². The summed E-state index contributed by atoms with van der Waals surface area (Å²) in [5.74, 6) is 0. The number of fused-ring (bicyclic) bond motifs is 1. The van der Waals surface area contributed by atoms with Gasteiger partial charge in [-0.25, -0.2) is 0 Å². The molecule has 0 spiro atoms. The smallest absolute Gasteiger partial charge is 0.0390 e. The fraction of sp³-hybridized carbons (Fsp3) is 1.00. The Balaban J connectivity index is 2.45. The molecule has 3 saturated carbocycles. The summed E-state index contributed by atoms with van der Waals surface area (Å²) in [6.45, 7) is 6.96. The Hall–Kier alpha value is 0.440. The van der Waals surface area contributed by atoms with Crippen LogP contribution >= 0.6 is 15.9 Å². The second-order valence-corrected chi connectivity index (χ2v) is 5.86. The molecule has 3 rings (SSSR count). The molecule has 0 unspecified atom stereocenters. The first-order valence-corrected chi connectivity index (χ1v) is 5.21. The van der Waals surface area contributed by atoms with Crippen molar-refractivity contribution in [2.24, 2.45) is 16.6 Å². The zero-order chi connectivity index (χ0) is 8.49. The summed E-state index contributed by atoms with van der Waals surface area (Å²) >= 11 is 3.72. The van der Waals surface area contributed by atoms with Gasteiger partial charge in [0.15, 0.2) is 0 Å². The minimum Gasteiger partial charge on any atom is -0.324 e. The van der Waals surface area contributed by atoms with E-state index in [-0.39, 0.29) is 5.54 Å². The monoisotopic (exact) mass is 217 g/mol. The van der Waals surface area contributed by atoms with Crippen LogP contribution < -0.4 is 5.73 Å². The summed E-state index contributed by atoms with van der Waals surface area (Å²) in [6.07, 6.45) is 2.47. The first-order chi connectivity index (χ1) is 4.86. The van der Waals surface area contributed by atoms with Gasteiger partial charge in [-0.2, -0.15) is 0 Å². The van der Waals surface area contributed by atoms with Gasteiger partial charge in [-0.3, -0.25) is 0 Å². The molecule has 0 aromatic carbocycles. The average molecular weight is 218 g/mol. The number of hydrogen-bond donors (Lipinski definition) is 1. The number of hydrogen-bond acceptors (Lipinski definition) is 1. The van der Waals surface area contributed by atoms with Crippen molar-refractivity contribution in [3.63, 3.8) is 0 Å². The van der Waals surface area contributed by atoms with Gasteiger partial charge in [-0.1, -0.05) is 36.7 Å². The normalized spacial score (nSPS) is 59.2. The quantitative estimate of drug-likeness (QED) is 0.620. The maximum Gasteiger partial charge on any atom is 0.0390 e. The standard InChI is InChI=1S/C9H16BrN/c1-7(2)8(3)4-5-9(7,11)6(8)10/h6H,4-5,11H2,1-3H3/t6-,8-,9-/m1/s1. The third kappa shape index (κ3) is 0.531. The average Bonchev–Trinajstić information content (AvgIpc) is 2.26. The van der Waals surface area contributed by atoms with E-state index >= 15 is 0 Å². The van der Waals surface area contributed by atoms with Crippen LogP contribution in [-0.2, 0) is 0 Å². The van der Waals surface area contributed by atoms with Crippen molar-refractivity contribution < 1.29 is 0 Å². The lowest BCUT2D eigenvalue weighted by molar-refractivity contribution is -0.0476. The van der Waals surface area contributed by atoms with Gasteiger partial charge in [0.1, 0.15) is 0 Å². The van der Waals surface area contributed by atoms with Gasteiger partial charge in [0, 0.05) is 10.4 Å². The molecule has 0 aromatic rings. The molecule has 2 N–H and O–H groups in total. The maximum atomic E-state index is 6.30. The fourth-order valence-corrected chi connectivity index (χ4v) is 4.60. The molecule has 3 atom stereocenters. The van der Waals surface area contributed by atoms with E-state index in [1.54, 1.807) is 0 Å². The maximum absolute atomic E-state index is 6.30. The van der Waals surface area contributed by atoms with Crippen molar-refractivity contribution in [3.05, 3.63) is 0 Å². The molecule has 2 bridgehead atoms. The Morgan fingerprint density at radius 2 is 1.82 bits per heavy atom. The van der Waals surface area contributed by atoms with E-state index in [2.05, 4.69) is 36.7 Å². The second kappa shape index (κ2) is 1.69. The molecule has 3 aliphatic carbocycles. The summed E-state index contributed by atoms with van der Waals surface area (Å²) in [6, 6.07) is 0. The van der Waals surface area contributed by atoms with Gasteiger partial charge in [-0.05, 0) is 23.7 Å². The highest BCUT2D eigenvalue weighted by atomic mass is 79.9. The molecule has 0 aromatic heterocycles. The molecule has 64 valence electrons. The summed E-state index contributed by atoms with van der Waals surface area (Å²) in [4.78, 5) is 0.539. The lowest BCUT2D eigenvalue weighted by Crippen LogP contribution is -2.73. The Morgan fingerprint density at radius 1 is 1.27 bits per heavy atom. The Bertz CT molecular complexity index is 188. The molecular formula is C9H16BrN. The summed E-state index contributed by atoms with van der Waals surface area (Å²) in [7, 11) is 0. The molecule has 0 saturated heterocycles. The fourth-order valence-electron chi connectivity index (χ4n) is 3.00. The summed E-state index contributed by atoms with van der Waals surface area (Å²) in [5, 5.41) is 0. The van der Waals surface area contributed by atoms with E-state index in [1.807, 2.05) is 0 Å². The molecule has 0 aliphatic heterocycles. The molecule has 2 heteroatoms. The van der Waals surface area contributed by atoms with Crippen LogP contribution in [0, 0.1) is 10.8 Å². The molecule has 11 heavy (non-hydrogen) atoms. The number of rotatable bonds is 0. The third-order valence-electron chi connectivity index (χ3n) is 4.66. The van der Waals surface area contributed by atoms with Gasteiger partial charge < -0.3 is 5.73 Å². The van der Waals surface area contributed by atoms with Crippen LogP contribution in [0.3, 0.4) is 0 Å². The lowest BCUT2D eigenvalue weighted by atomic mass is 9.48. The number of alkyl halides is 1. The predicted molar refractivity (Wildman–Crippen MR) is 50.8 cm³/mol. The van der Waals surface area contributed by atoms with Gasteiger partial charge in [0.25, 0.3) is 0 Å². The van der Waals surface area contributed by atoms with Crippen molar-refractivity contribution in [2.75, 3.05) is 0 Å². The second-order valence-electron chi connectivity index (χ2n) is 4.95. The van der Waals surface area contributed by atoms with Crippen molar-refractivity contribution in [1.29, 1.82) is 0 Å². The number of halogens is 1. The van der Waals surface area contributed by atoms with Crippen LogP contribution in [-0.4, -0.2) is 10.4 Å². The minimum absolute atomic E-state index is 0.0712. The topological polar surface area (TPSA) is 26.0 Å². The largest absolute Gasteiger partial charge is 0.324 e. The first kappa shape index (κ1) is 8.06. The Kier molecular flexibility index (Phi) is 1.24. The van der Waals surface area contributed by atoms with E-state index in [9.17, 15) is 0 Å². The molecule has 0 heterocycles. The van der Waals surface area contributed by atoms with Gasteiger partial charge in [0.05, 0.1) is 0 Å². The zero-order valence-corrected chi connectivity index (χ0v) is 9.03. The predicted octanol–water partition coefficient (Wildman–Crippen LogP) is 2.29. The molecule has 0 amide bonds. The van der Waals surface area contributed by atoms with Crippen LogP contribution in [0.1, 0.15) is 33.6 Å². The summed E-state index contributed by atoms with van der Waals surface area (Å²) in [5.41, 5.74) is 7.15. The zero-order valence-electron chi connectivity index (χ0n) is 7.45. The molecule has 1 nitrogen and oxygen atoms in total. The van der Waals surface area contributed by atoms with Crippen molar-refractivity contribution in [3.8, 4) is 0 Å². The molecule has 3 aliphatic rings. The lowest BCUT2D eigenvalue weighted by Gasteiger charge is -2.63. The number of nitrogens with two attached hydrogens (primary N) is 1. The first-order valence-electron chi connectivity index (χ1n) is 4.29. The summed E-state index contributed by atoms with van der Waals surface area (Å²) < 4.78 is 0. The molecular weight excluding hydrogens is 202 g/mol. The SMILES string of the molecule is CC1(C)[C@@]2(N)CC[C@]1(C)[C@H]2Br. The van der Waals surface area contributed by atoms with Crippen LogP contribution in [0.5, 0.6) is 0 Å². The van der Waals surface area contributed by atoms with Crippen LogP contribution in [0.25, 0.3) is 0 Å². The highest BCUT2D eigenvalue weighted by Gasteiger charge is 2.75. The van der Waals surface area contributed by atoms with Crippen LogP contribution in [0.2, 0.25) is 0 Å². The highest BCUT2D eigenvalue weighted by molar-refractivity contribution is 9.09. The van der Waals surface area contributed by atoms with E-state index < -0.39 is 0 Å². The van der Waals surface area contributed by atoms with Crippen molar-refractivity contribution in [1.82, 2.24) is 0 Å². The Morgan fingerprint density at radius 3 is 1.91 bits per heavy atom. The molecule has 3 fully saturated rings. The van der Waals surface area contributed by atoms with Crippen LogP contribution in [0.15, 0.2) is 0 Å². The third-order valence-corrected chi connectivity index (χ3v) is 6.49. The van der Waals surface area contributed by atoms with Gasteiger partial charge in [0.2, 0.25) is 0 Å². The van der Waals surface area contributed by atoms with E-state index in [4.69, 9.17) is 5.73 Å². The molecule has 0 radical (unpaired) electrons. The van der Waals surface area contributed by atoms with E-state index in [0.717, 1.165) is 0 Å². The minimum atomic E-state index is 0.0712. The van der Waals surface area contributed by atoms with E-state index in [1.165, 1.54) is 12.8 Å². The van der Waals surface area contributed by atoms with Crippen molar-refractivity contribution >= 4 is 15.9 Å². The van der Waals surface area contributed by atoms with Gasteiger partial charge in [-0.15, -0.1) is 0 Å². The van der Waals surface area contributed by atoms with Crippen LogP contribution in [0.4, 0.5) is 0 Å². The highest BCUT2D eigenvalue weighted by Crippen LogP contribution is 2.73. The van der Waals surface area contributed by atoms with Gasteiger partial charge >= 0.3 is 0 Å².